The minimum absolute atomic E-state index is 0.183. The number of aldehydes is 1. The Morgan fingerprint density at radius 1 is 1.19 bits per heavy atom. The first-order valence-electron chi connectivity index (χ1n) is 8.07. The van der Waals surface area contributed by atoms with Crippen molar-refractivity contribution < 1.29 is 9.53 Å². The van der Waals surface area contributed by atoms with Gasteiger partial charge in [-0.15, -0.1) is 0 Å². The summed E-state index contributed by atoms with van der Waals surface area (Å²) in [7, 11) is 1.60. The number of rotatable bonds is 4. The van der Waals surface area contributed by atoms with Crippen molar-refractivity contribution >= 4 is 22.8 Å². The molecule has 0 aliphatic rings. The Bertz CT molecular complexity index is 1190. The number of ether oxygens (including phenoxy) is 1. The van der Waals surface area contributed by atoms with Gasteiger partial charge >= 0.3 is 0 Å². The molecule has 0 radical (unpaired) electrons. The highest BCUT2D eigenvalue weighted by atomic mass is 16.5. The van der Waals surface area contributed by atoms with Crippen LogP contribution in [0.2, 0.25) is 0 Å². The van der Waals surface area contributed by atoms with Crippen molar-refractivity contribution in [2.75, 3.05) is 7.11 Å². The Morgan fingerprint density at radius 2 is 1.96 bits per heavy atom. The van der Waals surface area contributed by atoms with Gasteiger partial charge in [0.2, 0.25) is 0 Å². The van der Waals surface area contributed by atoms with Gasteiger partial charge in [-0.2, -0.15) is 5.10 Å². The Hall–Kier alpha value is -3.48. The highest BCUT2D eigenvalue weighted by Gasteiger charge is 2.16. The highest BCUT2D eigenvalue weighted by Crippen LogP contribution is 2.18. The van der Waals surface area contributed by atoms with Gasteiger partial charge < -0.3 is 4.74 Å². The van der Waals surface area contributed by atoms with Crippen LogP contribution in [0.15, 0.2) is 47.5 Å². The summed E-state index contributed by atoms with van der Waals surface area (Å²) in [6.07, 6.45) is 3.78. The molecule has 3 heterocycles. The first kappa shape index (κ1) is 16.0. The predicted molar refractivity (Wildman–Crippen MR) is 97.0 cm³/mol. The van der Waals surface area contributed by atoms with Gasteiger partial charge in [-0.1, -0.05) is 12.1 Å². The van der Waals surface area contributed by atoms with Crippen LogP contribution >= 0.6 is 0 Å². The normalized spacial score (nSPS) is 11.2. The fourth-order valence-corrected chi connectivity index (χ4v) is 3.08. The molecule has 0 aliphatic carbocycles. The summed E-state index contributed by atoms with van der Waals surface area (Å²) in [5.41, 5.74) is 2.87. The summed E-state index contributed by atoms with van der Waals surface area (Å²) in [6.45, 7) is 2.15. The molecule has 0 spiro atoms. The van der Waals surface area contributed by atoms with Crippen LogP contribution in [-0.2, 0) is 6.54 Å². The average molecular weight is 348 g/mol. The van der Waals surface area contributed by atoms with Gasteiger partial charge in [0.05, 0.1) is 42.5 Å². The second-order valence-electron chi connectivity index (χ2n) is 6.04. The van der Waals surface area contributed by atoms with Crippen LogP contribution in [0.5, 0.6) is 5.75 Å². The number of hydrogen-bond donors (Lipinski definition) is 0. The molecule has 0 saturated heterocycles. The summed E-state index contributed by atoms with van der Waals surface area (Å²) in [5, 5.41) is 4.80. The zero-order valence-corrected chi connectivity index (χ0v) is 14.3. The SMILES string of the molecule is COc1ccc(Cn2c(=O)c3cc(C)ncc3n3ncc(C=O)c23)cc1. The molecule has 1 aromatic carbocycles. The molecule has 0 atom stereocenters. The molecule has 0 N–H and O–H groups in total. The molecular formula is C19H16N4O3. The van der Waals surface area contributed by atoms with Gasteiger partial charge in [0.25, 0.3) is 5.56 Å². The second kappa shape index (κ2) is 6.11. The van der Waals surface area contributed by atoms with E-state index in [1.54, 1.807) is 28.5 Å². The van der Waals surface area contributed by atoms with Crippen molar-refractivity contribution in [3.63, 3.8) is 0 Å². The van der Waals surface area contributed by atoms with Crippen molar-refractivity contribution in [1.29, 1.82) is 0 Å². The largest absolute Gasteiger partial charge is 0.497 e. The number of aromatic nitrogens is 4. The number of aryl methyl sites for hydroxylation is 1. The molecule has 4 aromatic rings. The van der Waals surface area contributed by atoms with Crippen LogP contribution in [-0.4, -0.2) is 32.6 Å². The number of carbonyl (C=O) groups excluding carboxylic acids is 1. The van der Waals surface area contributed by atoms with Gasteiger partial charge in [-0.25, -0.2) is 4.52 Å². The van der Waals surface area contributed by atoms with Crippen LogP contribution in [0.1, 0.15) is 21.6 Å². The number of methoxy groups -OCH3 is 1. The summed E-state index contributed by atoms with van der Waals surface area (Å²) in [6, 6.07) is 9.19. The molecule has 0 fully saturated rings. The quantitative estimate of drug-likeness (QED) is 0.529. The van der Waals surface area contributed by atoms with Gasteiger partial charge in [0.1, 0.15) is 11.4 Å². The molecule has 3 aromatic heterocycles. The lowest BCUT2D eigenvalue weighted by molar-refractivity contribution is 0.112. The van der Waals surface area contributed by atoms with Gasteiger partial charge in [-0.05, 0) is 30.7 Å². The molecular weight excluding hydrogens is 332 g/mol. The van der Waals surface area contributed by atoms with E-state index in [0.717, 1.165) is 17.0 Å². The third-order valence-corrected chi connectivity index (χ3v) is 4.38. The fraction of sp³-hybridized carbons (Fsp3) is 0.158. The number of hydrogen-bond acceptors (Lipinski definition) is 5. The molecule has 0 saturated carbocycles. The fourth-order valence-electron chi connectivity index (χ4n) is 3.08. The van der Waals surface area contributed by atoms with E-state index in [1.807, 2.05) is 31.2 Å². The van der Waals surface area contributed by atoms with Crippen molar-refractivity contribution in [2.45, 2.75) is 13.5 Å². The maximum Gasteiger partial charge on any atom is 0.262 e. The Balaban J connectivity index is 2.01. The van der Waals surface area contributed by atoms with Crippen LogP contribution in [0.3, 0.4) is 0 Å². The lowest BCUT2D eigenvalue weighted by Crippen LogP contribution is -2.24. The third-order valence-electron chi connectivity index (χ3n) is 4.38. The van der Waals surface area contributed by atoms with E-state index in [1.165, 1.54) is 6.20 Å². The average Bonchev–Trinajstić information content (AvgIpc) is 3.09. The lowest BCUT2D eigenvalue weighted by atomic mass is 10.2. The molecule has 7 heteroatoms. The molecule has 0 aliphatic heterocycles. The maximum atomic E-state index is 13.1. The Labute approximate surface area is 148 Å². The first-order valence-corrected chi connectivity index (χ1v) is 8.07. The van der Waals surface area contributed by atoms with Gasteiger partial charge in [-0.3, -0.25) is 19.1 Å². The molecule has 0 unspecified atom stereocenters. The van der Waals surface area contributed by atoms with E-state index in [9.17, 15) is 9.59 Å². The van der Waals surface area contributed by atoms with Crippen molar-refractivity contribution in [2.24, 2.45) is 0 Å². The van der Waals surface area contributed by atoms with Crippen molar-refractivity contribution in [1.82, 2.24) is 19.2 Å². The highest BCUT2D eigenvalue weighted by molar-refractivity contribution is 5.88. The predicted octanol–water partition coefficient (Wildman–Crippen LogP) is 2.22. The summed E-state index contributed by atoms with van der Waals surface area (Å²) in [5.74, 6) is 0.740. The van der Waals surface area contributed by atoms with E-state index >= 15 is 0 Å². The van der Waals surface area contributed by atoms with E-state index in [2.05, 4.69) is 10.1 Å². The van der Waals surface area contributed by atoms with Crippen LogP contribution in [0.25, 0.3) is 16.6 Å². The van der Waals surface area contributed by atoms with Gasteiger partial charge in [0.15, 0.2) is 6.29 Å². The molecule has 7 nitrogen and oxygen atoms in total. The Kier molecular flexibility index (Phi) is 3.76. The standard InChI is InChI=1S/C19H16N4O3/c1-12-7-16-17(9-20-12)23-18(14(11-24)8-21-23)22(19(16)25)10-13-3-5-15(26-2)6-4-13/h3-9,11H,10H2,1-2H3. The minimum atomic E-state index is -0.183. The lowest BCUT2D eigenvalue weighted by Gasteiger charge is -2.12. The zero-order valence-electron chi connectivity index (χ0n) is 14.3. The van der Waals surface area contributed by atoms with Gasteiger partial charge in [0, 0.05) is 5.69 Å². The van der Waals surface area contributed by atoms with E-state index in [0.29, 0.717) is 34.9 Å². The second-order valence-corrected chi connectivity index (χ2v) is 6.04. The smallest absolute Gasteiger partial charge is 0.262 e. The maximum absolute atomic E-state index is 13.1. The first-order chi connectivity index (χ1) is 12.6. The van der Waals surface area contributed by atoms with E-state index in [4.69, 9.17) is 4.74 Å². The van der Waals surface area contributed by atoms with Crippen LogP contribution < -0.4 is 10.3 Å². The molecule has 26 heavy (non-hydrogen) atoms. The van der Waals surface area contributed by atoms with E-state index < -0.39 is 0 Å². The molecule has 0 amide bonds. The summed E-state index contributed by atoms with van der Waals surface area (Å²) >= 11 is 0. The number of benzene rings is 1. The third kappa shape index (κ3) is 2.45. The minimum Gasteiger partial charge on any atom is -0.497 e. The summed E-state index contributed by atoms with van der Waals surface area (Å²) in [4.78, 5) is 28.9. The van der Waals surface area contributed by atoms with Crippen LogP contribution in [0, 0.1) is 6.92 Å². The molecule has 130 valence electrons. The Morgan fingerprint density at radius 3 is 2.65 bits per heavy atom. The van der Waals surface area contributed by atoms with Crippen molar-refractivity contribution in [3.8, 4) is 5.75 Å². The van der Waals surface area contributed by atoms with Crippen molar-refractivity contribution in [3.05, 3.63) is 69.9 Å². The number of nitrogens with zero attached hydrogens (tertiary/aromatic N) is 4. The number of carbonyl (C=O) groups is 1. The van der Waals surface area contributed by atoms with E-state index in [-0.39, 0.29) is 5.56 Å². The topological polar surface area (TPSA) is 78.5 Å². The summed E-state index contributed by atoms with van der Waals surface area (Å²) < 4.78 is 8.34. The zero-order chi connectivity index (χ0) is 18.3. The monoisotopic (exact) mass is 348 g/mol. The molecule has 0 bridgehead atoms. The number of fused-ring (bicyclic) bond motifs is 3. The van der Waals surface area contributed by atoms with Crippen LogP contribution in [0.4, 0.5) is 0 Å². The number of pyridine rings is 1. The molecule has 4 rings (SSSR count).